The van der Waals surface area contributed by atoms with E-state index in [1.54, 1.807) is 4.90 Å². The fraction of sp³-hybridized carbons (Fsp3) is 0.429. The maximum Gasteiger partial charge on any atom is 0.254 e. The second kappa shape index (κ2) is 5.92. The Hall–Kier alpha value is -2.08. The first kappa shape index (κ1) is 14.3. The summed E-state index contributed by atoms with van der Waals surface area (Å²) >= 11 is 0. The van der Waals surface area contributed by atoms with E-state index >= 15 is 0 Å². The third kappa shape index (κ3) is 2.91. The van der Waals surface area contributed by atoms with E-state index in [0.29, 0.717) is 18.8 Å². The number of carboxylic acids is 1. The quantitative estimate of drug-likeness (QED) is 0.745. The van der Waals surface area contributed by atoms with Crippen molar-refractivity contribution in [2.24, 2.45) is 0 Å². The summed E-state index contributed by atoms with van der Waals surface area (Å²) in [6, 6.07) is 4.25. The van der Waals surface area contributed by atoms with Gasteiger partial charge in [-0.3, -0.25) is 4.79 Å². The number of amides is 1. The molecule has 1 aromatic rings. The van der Waals surface area contributed by atoms with Crippen LogP contribution in [0.3, 0.4) is 0 Å². The van der Waals surface area contributed by atoms with Crippen LogP contribution in [0.25, 0.3) is 0 Å². The number of aromatic carboxylic acids is 1. The third-order valence-electron chi connectivity index (χ3n) is 3.60. The Balaban J connectivity index is 2.19. The Morgan fingerprint density at radius 3 is 2.40 bits per heavy atom. The average molecular weight is 276 g/mol. The highest BCUT2D eigenvalue weighted by molar-refractivity contribution is 6.04. The molecule has 20 heavy (non-hydrogen) atoms. The fourth-order valence-corrected chi connectivity index (χ4v) is 2.35. The van der Waals surface area contributed by atoms with E-state index in [-0.39, 0.29) is 17.0 Å². The molecule has 0 bridgehead atoms. The predicted octanol–water partition coefficient (Wildman–Crippen LogP) is -0.590. The first-order chi connectivity index (χ1) is 9.52. The number of rotatable bonds is 3. The summed E-state index contributed by atoms with van der Waals surface area (Å²) in [6.07, 6.45) is 0. The fourth-order valence-electron chi connectivity index (χ4n) is 2.35. The summed E-state index contributed by atoms with van der Waals surface area (Å²) in [5, 5.41) is 11.1. The van der Waals surface area contributed by atoms with Crippen LogP contribution in [0, 0.1) is 0 Å². The van der Waals surface area contributed by atoms with Crippen molar-refractivity contribution >= 4 is 17.6 Å². The molecule has 1 aromatic carbocycles. The number of nitrogens with two attached hydrogens (primary N) is 1. The number of hydrogen-bond acceptors (Lipinski definition) is 5. The molecule has 1 heterocycles. The van der Waals surface area contributed by atoms with Gasteiger partial charge in [0.05, 0.1) is 5.97 Å². The van der Waals surface area contributed by atoms with E-state index < -0.39 is 5.97 Å². The van der Waals surface area contributed by atoms with Crippen LogP contribution in [0.1, 0.15) is 27.6 Å². The van der Waals surface area contributed by atoms with Gasteiger partial charge in [0, 0.05) is 43.0 Å². The molecule has 0 atom stereocenters. The van der Waals surface area contributed by atoms with Crippen LogP contribution < -0.4 is 10.8 Å². The van der Waals surface area contributed by atoms with Crippen molar-refractivity contribution in [3.8, 4) is 0 Å². The van der Waals surface area contributed by atoms with Crippen LogP contribution >= 0.6 is 0 Å². The van der Waals surface area contributed by atoms with Crippen molar-refractivity contribution < 1.29 is 14.7 Å². The molecule has 1 fully saturated rings. The standard InChI is InChI=1S/C14H19N3O3/c1-2-16-5-7-17(8-6-16)13(18)11-4-3-10(15)9-12(11)14(19)20/h3-4,9H,2,5-8,15H2,1H3,(H,19,20)/p-1. The Morgan fingerprint density at radius 1 is 1.20 bits per heavy atom. The van der Waals surface area contributed by atoms with E-state index in [4.69, 9.17) is 5.73 Å². The number of benzene rings is 1. The van der Waals surface area contributed by atoms with Gasteiger partial charge in [-0.25, -0.2) is 0 Å². The predicted molar refractivity (Wildman–Crippen MR) is 73.2 cm³/mol. The Morgan fingerprint density at radius 2 is 1.85 bits per heavy atom. The molecule has 0 spiro atoms. The summed E-state index contributed by atoms with van der Waals surface area (Å²) < 4.78 is 0. The van der Waals surface area contributed by atoms with E-state index in [1.807, 2.05) is 0 Å². The molecule has 1 aliphatic rings. The highest BCUT2D eigenvalue weighted by Crippen LogP contribution is 2.16. The minimum absolute atomic E-state index is 0.143. The molecule has 1 amide bonds. The van der Waals surface area contributed by atoms with Crippen LogP contribution in [0.15, 0.2) is 18.2 Å². The lowest BCUT2D eigenvalue weighted by atomic mass is 10.0. The Kier molecular flexibility index (Phi) is 4.24. The molecule has 108 valence electrons. The molecule has 0 unspecified atom stereocenters. The second-order valence-electron chi connectivity index (χ2n) is 4.82. The zero-order valence-corrected chi connectivity index (χ0v) is 11.5. The molecule has 6 heteroatoms. The summed E-state index contributed by atoms with van der Waals surface area (Å²) in [5.74, 6) is -1.66. The van der Waals surface area contributed by atoms with Gasteiger partial charge in [-0.2, -0.15) is 0 Å². The maximum absolute atomic E-state index is 12.4. The van der Waals surface area contributed by atoms with E-state index in [2.05, 4.69) is 11.8 Å². The minimum Gasteiger partial charge on any atom is -0.545 e. The number of nitrogens with zero attached hydrogens (tertiary/aromatic N) is 2. The SMILES string of the molecule is CCN1CCN(C(=O)c2ccc(N)cc2C(=O)[O-])CC1. The van der Waals surface area contributed by atoms with Crippen molar-refractivity contribution in [2.75, 3.05) is 38.5 Å². The lowest BCUT2D eigenvalue weighted by molar-refractivity contribution is -0.255. The number of carboxylic acid groups (broad SMARTS) is 1. The van der Waals surface area contributed by atoms with Crippen LogP contribution in [0.5, 0.6) is 0 Å². The molecule has 1 saturated heterocycles. The first-order valence-corrected chi connectivity index (χ1v) is 6.65. The topological polar surface area (TPSA) is 89.7 Å². The summed E-state index contributed by atoms with van der Waals surface area (Å²) in [5.41, 5.74) is 5.86. The van der Waals surface area contributed by atoms with Crippen LogP contribution in [0.4, 0.5) is 5.69 Å². The zero-order valence-electron chi connectivity index (χ0n) is 11.5. The highest BCUT2D eigenvalue weighted by Gasteiger charge is 2.23. The van der Waals surface area contributed by atoms with Gasteiger partial charge in [-0.15, -0.1) is 0 Å². The lowest BCUT2D eigenvalue weighted by Crippen LogP contribution is -2.48. The molecule has 1 aliphatic heterocycles. The van der Waals surface area contributed by atoms with Gasteiger partial charge in [0.1, 0.15) is 0 Å². The van der Waals surface area contributed by atoms with Gasteiger partial charge < -0.3 is 25.4 Å². The van der Waals surface area contributed by atoms with Crippen LogP contribution in [0.2, 0.25) is 0 Å². The molecule has 0 aromatic heterocycles. The second-order valence-corrected chi connectivity index (χ2v) is 4.82. The number of nitrogen functional groups attached to an aromatic ring is 1. The van der Waals surface area contributed by atoms with Crippen LogP contribution in [-0.4, -0.2) is 54.4 Å². The van der Waals surface area contributed by atoms with Gasteiger partial charge >= 0.3 is 0 Å². The summed E-state index contributed by atoms with van der Waals surface area (Å²) in [6.45, 7) is 5.84. The van der Waals surface area contributed by atoms with Gasteiger partial charge in [0.15, 0.2) is 0 Å². The van der Waals surface area contributed by atoms with Crippen molar-refractivity contribution in [1.82, 2.24) is 9.80 Å². The summed E-state index contributed by atoms with van der Waals surface area (Å²) in [4.78, 5) is 27.4. The average Bonchev–Trinajstić information content (AvgIpc) is 2.46. The van der Waals surface area contributed by atoms with Crippen LogP contribution in [-0.2, 0) is 0 Å². The van der Waals surface area contributed by atoms with Crippen molar-refractivity contribution in [3.05, 3.63) is 29.3 Å². The summed E-state index contributed by atoms with van der Waals surface area (Å²) in [7, 11) is 0. The number of carbonyl (C=O) groups is 2. The van der Waals surface area contributed by atoms with E-state index in [0.717, 1.165) is 19.6 Å². The molecule has 6 nitrogen and oxygen atoms in total. The minimum atomic E-state index is -1.38. The zero-order chi connectivity index (χ0) is 14.7. The monoisotopic (exact) mass is 276 g/mol. The Bertz CT molecular complexity index is 522. The van der Waals surface area contributed by atoms with Gasteiger partial charge in [-0.1, -0.05) is 6.92 Å². The van der Waals surface area contributed by atoms with Crippen molar-refractivity contribution in [1.29, 1.82) is 0 Å². The highest BCUT2D eigenvalue weighted by atomic mass is 16.4. The largest absolute Gasteiger partial charge is 0.545 e. The molecule has 0 aliphatic carbocycles. The number of hydrogen-bond donors (Lipinski definition) is 1. The normalized spacial score (nSPS) is 16.1. The van der Waals surface area contributed by atoms with Crippen molar-refractivity contribution in [3.63, 3.8) is 0 Å². The van der Waals surface area contributed by atoms with E-state index in [9.17, 15) is 14.7 Å². The number of anilines is 1. The van der Waals surface area contributed by atoms with Gasteiger partial charge in [0.25, 0.3) is 5.91 Å². The number of piperazine rings is 1. The smallest absolute Gasteiger partial charge is 0.254 e. The van der Waals surface area contributed by atoms with Gasteiger partial charge in [-0.05, 0) is 24.7 Å². The Labute approximate surface area is 117 Å². The lowest BCUT2D eigenvalue weighted by Gasteiger charge is -2.34. The van der Waals surface area contributed by atoms with E-state index in [1.165, 1.54) is 18.2 Å². The number of carbonyl (C=O) groups excluding carboxylic acids is 2. The van der Waals surface area contributed by atoms with Gasteiger partial charge in [0.2, 0.25) is 0 Å². The molecular formula is C14H18N3O3-. The molecule has 2 N–H and O–H groups in total. The first-order valence-electron chi connectivity index (χ1n) is 6.65. The third-order valence-corrected chi connectivity index (χ3v) is 3.60. The van der Waals surface area contributed by atoms with Crippen molar-refractivity contribution in [2.45, 2.75) is 6.92 Å². The maximum atomic E-state index is 12.4. The molecule has 0 radical (unpaired) electrons. The number of likely N-dealkylation sites (N-methyl/N-ethyl adjacent to an activating group) is 1. The molecular weight excluding hydrogens is 258 g/mol. The molecule has 2 rings (SSSR count). The molecule has 0 saturated carbocycles.